The summed E-state index contributed by atoms with van der Waals surface area (Å²) in [5.74, 6) is 1.41. The zero-order chi connectivity index (χ0) is 13.3. The molecule has 1 aliphatic heterocycles. The van der Waals surface area contributed by atoms with Crippen LogP contribution in [-0.4, -0.2) is 19.3 Å². The van der Waals surface area contributed by atoms with Crippen LogP contribution < -0.4 is 10.5 Å². The summed E-state index contributed by atoms with van der Waals surface area (Å²) >= 11 is 0. The first-order chi connectivity index (χ1) is 9.24. The standard InChI is InChI=1S/C16H23NO2/c1-18-14-6-3-2-5-13(14)15(17)12-7-10-19-16(11-12)8-4-9-16/h2-3,5-6,12,15H,4,7-11,17H2,1H3. The highest BCUT2D eigenvalue weighted by Gasteiger charge is 2.44. The predicted molar refractivity (Wildman–Crippen MR) is 75.2 cm³/mol. The molecule has 1 saturated carbocycles. The molecule has 3 heteroatoms. The first-order valence-electron chi connectivity index (χ1n) is 7.27. The third-order valence-corrected chi connectivity index (χ3v) is 4.80. The van der Waals surface area contributed by atoms with Crippen molar-refractivity contribution in [3.63, 3.8) is 0 Å². The largest absolute Gasteiger partial charge is 0.496 e. The highest BCUT2D eigenvalue weighted by atomic mass is 16.5. The predicted octanol–water partition coefficient (Wildman–Crippen LogP) is 3.04. The van der Waals surface area contributed by atoms with E-state index in [-0.39, 0.29) is 11.6 Å². The minimum Gasteiger partial charge on any atom is -0.496 e. The van der Waals surface area contributed by atoms with E-state index in [4.69, 9.17) is 15.2 Å². The van der Waals surface area contributed by atoms with E-state index in [9.17, 15) is 0 Å². The smallest absolute Gasteiger partial charge is 0.123 e. The molecule has 2 unspecified atom stereocenters. The normalized spacial score (nSPS) is 26.7. The Balaban J connectivity index is 1.77. The first-order valence-corrected chi connectivity index (χ1v) is 7.27. The lowest BCUT2D eigenvalue weighted by molar-refractivity contribution is -0.146. The average Bonchev–Trinajstić information content (AvgIpc) is 2.45. The summed E-state index contributed by atoms with van der Waals surface area (Å²) in [6, 6.07) is 8.17. The molecular weight excluding hydrogens is 238 g/mol. The number of hydrogen-bond donors (Lipinski definition) is 1. The Bertz CT molecular complexity index is 442. The molecule has 2 N–H and O–H groups in total. The fraction of sp³-hybridized carbons (Fsp3) is 0.625. The van der Waals surface area contributed by atoms with Gasteiger partial charge in [-0.3, -0.25) is 0 Å². The van der Waals surface area contributed by atoms with Crippen molar-refractivity contribution in [3.05, 3.63) is 29.8 Å². The van der Waals surface area contributed by atoms with Gasteiger partial charge in [0.15, 0.2) is 0 Å². The molecule has 2 fully saturated rings. The lowest BCUT2D eigenvalue weighted by Crippen LogP contribution is -2.47. The summed E-state index contributed by atoms with van der Waals surface area (Å²) in [4.78, 5) is 0. The fourth-order valence-electron chi connectivity index (χ4n) is 3.49. The highest BCUT2D eigenvalue weighted by molar-refractivity contribution is 5.36. The molecule has 1 spiro atoms. The molecule has 19 heavy (non-hydrogen) atoms. The van der Waals surface area contributed by atoms with Crippen molar-refractivity contribution in [2.45, 2.75) is 43.7 Å². The topological polar surface area (TPSA) is 44.5 Å². The monoisotopic (exact) mass is 261 g/mol. The molecule has 0 bridgehead atoms. The van der Waals surface area contributed by atoms with Crippen LogP contribution >= 0.6 is 0 Å². The van der Waals surface area contributed by atoms with Gasteiger partial charge in [0.2, 0.25) is 0 Å². The van der Waals surface area contributed by atoms with Crippen molar-refractivity contribution in [2.24, 2.45) is 11.7 Å². The van der Waals surface area contributed by atoms with Gasteiger partial charge in [0.05, 0.1) is 12.7 Å². The Morgan fingerprint density at radius 1 is 1.37 bits per heavy atom. The van der Waals surface area contributed by atoms with Crippen LogP contribution in [0, 0.1) is 5.92 Å². The summed E-state index contributed by atoms with van der Waals surface area (Å²) in [7, 11) is 1.71. The summed E-state index contributed by atoms with van der Waals surface area (Å²) in [5, 5.41) is 0. The molecule has 1 aliphatic carbocycles. The Morgan fingerprint density at radius 3 is 2.84 bits per heavy atom. The molecule has 1 aromatic rings. The first kappa shape index (κ1) is 12.9. The molecule has 104 valence electrons. The molecule has 0 aromatic heterocycles. The van der Waals surface area contributed by atoms with Crippen molar-refractivity contribution >= 4 is 0 Å². The van der Waals surface area contributed by atoms with Gasteiger partial charge < -0.3 is 15.2 Å². The van der Waals surface area contributed by atoms with Gasteiger partial charge in [-0.15, -0.1) is 0 Å². The number of ether oxygens (including phenoxy) is 2. The Hall–Kier alpha value is -1.06. The molecule has 1 saturated heterocycles. The van der Waals surface area contributed by atoms with E-state index >= 15 is 0 Å². The van der Waals surface area contributed by atoms with Crippen molar-refractivity contribution < 1.29 is 9.47 Å². The minimum atomic E-state index is 0.0533. The van der Waals surface area contributed by atoms with Gasteiger partial charge in [-0.05, 0) is 44.1 Å². The molecule has 1 aromatic carbocycles. The van der Waals surface area contributed by atoms with Crippen LogP contribution in [0.1, 0.15) is 43.7 Å². The lowest BCUT2D eigenvalue weighted by atomic mass is 9.70. The van der Waals surface area contributed by atoms with E-state index in [1.165, 1.54) is 19.3 Å². The van der Waals surface area contributed by atoms with Crippen LogP contribution in [0.5, 0.6) is 5.75 Å². The van der Waals surface area contributed by atoms with Crippen molar-refractivity contribution in [1.82, 2.24) is 0 Å². The van der Waals surface area contributed by atoms with Gasteiger partial charge in [-0.2, -0.15) is 0 Å². The van der Waals surface area contributed by atoms with Crippen LogP contribution in [0.25, 0.3) is 0 Å². The fourth-order valence-corrected chi connectivity index (χ4v) is 3.49. The SMILES string of the molecule is COc1ccccc1C(N)C1CCOC2(CCC2)C1. The maximum atomic E-state index is 6.51. The Labute approximate surface area is 115 Å². The van der Waals surface area contributed by atoms with Crippen molar-refractivity contribution in [1.29, 1.82) is 0 Å². The van der Waals surface area contributed by atoms with Gasteiger partial charge >= 0.3 is 0 Å². The second-order valence-corrected chi connectivity index (χ2v) is 5.91. The van der Waals surface area contributed by atoms with Crippen molar-refractivity contribution in [3.8, 4) is 5.75 Å². The second-order valence-electron chi connectivity index (χ2n) is 5.91. The average molecular weight is 261 g/mol. The third-order valence-electron chi connectivity index (χ3n) is 4.80. The maximum Gasteiger partial charge on any atom is 0.123 e. The van der Waals surface area contributed by atoms with E-state index in [2.05, 4.69) is 6.07 Å². The van der Waals surface area contributed by atoms with E-state index in [1.54, 1.807) is 7.11 Å². The zero-order valence-corrected chi connectivity index (χ0v) is 11.6. The van der Waals surface area contributed by atoms with Crippen LogP contribution in [0.15, 0.2) is 24.3 Å². The number of hydrogen-bond acceptors (Lipinski definition) is 3. The van der Waals surface area contributed by atoms with Gasteiger partial charge in [0.25, 0.3) is 0 Å². The summed E-state index contributed by atoms with van der Waals surface area (Å²) in [5.41, 5.74) is 7.80. The minimum absolute atomic E-state index is 0.0533. The van der Waals surface area contributed by atoms with Gasteiger partial charge in [-0.1, -0.05) is 18.2 Å². The number of para-hydroxylation sites is 1. The quantitative estimate of drug-likeness (QED) is 0.909. The molecule has 0 radical (unpaired) electrons. The summed E-state index contributed by atoms with van der Waals surface area (Å²) in [6.07, 6.45) is 5.88. The number of benzene rings is 1. The third kappa shape index (κ3) is 2.37. The van der Waals surface area contributed by atoms with E-state index < -0.39 is 0 Å². The van der Waals surface area contributed by atoms with E-state index in [1.807, 2.05) is 18.2 Å². The molecule has 3 rings (SSSR count). The van der Waals surface area contributed by atoms with Crippen LogP contribution in [0.4, 0.5) is 0 Å². The molecule has 1 heterocycles. The second kappa shape index (κ2) is 5.14. The molecule has 2 aliphatic rings. The van der Waals surface area contributed by atoms with Gasteiger partial charge in [0.1, 0.15) is 5.75 Å². The summed E-state index contributed by atoms with van der Waals surface area (Å²) in [6.45, 7) is 0.855. The maximum absolute atomic E-state index is 6.51. The highest BCUT2D eigenvalue weighted by Crippen LogP contribution is 2.47. The molecule has 2 atom stereocenters. The van der Waals surface area contributed by atoms with Crippen LogP contribution in [-0.2, 0) is 4.74 Å². The number of rotatable bonds is 3. The van der Waals surface area contributed by atoms with Gasteiger partial charge in [0, 0.05) is 18.2 Å². The number of nitrogens with two attached hydrogens (primary N) is 1. The zero-order valence-electron chi connectivity index (χ0n) is 11.6. The van der Waals surface area contributed by atoms with Crippen LogP contribution in [0.2, 0.25) is 0 Å². The van der Waals surface area contributed by atoms with Crippen molar-refractivity contribution in [2.75, 3.05) is 13.7 Å². The summed E-state index contributed by atoms with van der Waals surface area (Å²) < 4.78 is 11.4. The molecular formula is C16H23NO2. The number of methoxy groups -OCH3 is 1. The van der Waals surface area contributed by atoms with Crippen LogP contribution in [0.3, 0.4) is 0 Å². The van der Waals surface area contributed by atoms with E-state index in [0.29, 0.717) is 5.92 Å². The Morgan fingerprint density at radius 2 is 2.16 bits per heavy atom. The van der Waals surface area contributed by atoms with Gasteiger partial charge in [-0.25, -0.2) is 0 Å². The Kier molecular flexibility index (Phi) is 3.50. The van der Waals surface area contributed by atoms with E-state index in [0.717, 1.165) is 30.8 Å². The molecule has 0 amide bonds. The molecule has 3 nitrogen and oxygen atoms in total. The lowest BCUT2D eigenvalue weighted by Gasteiger charge is -2.48.